The van der Waals surface area contributed by atoms with Gasteiger partial charge in [-0.2, -0.15) is 19.6 Å². The van der Waals surface area contributed by atoms with Crippen molar-refractivity contribution in [1.29, 1.82) is 0 Å². The fourth-order valence-electron chi connectivity index (χ4n) is 3.10. The van der Waals surface area contributed by atoms with Crippen LogP contribution >= 0.6 is 11.5 Å². The van der Waals surface area contributed by atoms with Crippen LogP contribution in [0, 0.1) is 0 Å². The summed E-state index contributed by atoms with van der Waals surface area (Å²) in [6, 6.07) is 3.79. The number of fused-ring (bicyclic) bond motifs is 1. The molecular formula is C16H22N8OS. The Bertz CT molecular complexity index is 898. The molecule has 10 heteroatoms. The van der Waals surface area contributed by atoms with Gasteiger partial charge < -0.3 is 14.9 Å². The largest absolute Gasteiger partial charge is 0.380 e. The Morgan fingerprint density at radius 2 is 2.15 bits per heavy atom. The molecule has 3 aromatic heterocycles. The van der Waals surface area contributed by atoms with Crippen molar-refractivity contribution >= 4 is 22.6 Å². The number of aryl methyl sites for hydroxylation is 2. The molecule has 4 rings (SSSR count). The first-order valence-corrected chi connectivity index (χ1v) is 9.29. The number of aromatic nitrogens is 6. The smallest absolute Gasteiger partial charge is 0.238 e. The summed E-state index contributed by atoms with van der Waals surface area (Å²) >= 11 is 1.41. The van der Waals surface area contributed by atoms with Crippen LogP contribution in [0.1, 0.15) is 29.6 Å². The van der Waals surface area contributed by atoms with E-state index in [0.29, 0.717) is 12.2 Å². The molecule has 0 unspecified atom stereocenters. The number of hydrogen-bond donors (Lipinski definition) is 1. The van der Waals surface area contributed by atoms with Gasteiger partial charge in [0.1, 0.15) is 6.10 Å². The summed E-state index contributed by atoms with van der Waals surface area (Å²) in [4.78, 5) is 8.75. The molecule has 138 valence electrons. The Labute approximate surface area is 155 Å². The monoisotopic (exact) mass is 374 g/mol. The highest BCUT2D eigenvalue weighted by molar-refractivity contribution is 7.09. The molecule has 9 nitrogen and oxygen atoms in total. The molecule has 0 spiro atoms. The molecule has 0 saturated heterocycles. The highest BCUT2D eigenvalue weighted by Gasteiger charge is 2.23. The fraction of sp³-hybridized carbons (Fsp3) is 0.500. The number of aliphatic hydroxyl groups excluding tert-OH is 1. The second-order valence-corrected chi connectivity index (χ2v) is 7.34. The van der Waals surface area contributed by atoms with E-state index in [0.717, 1.165) is 42.0 Å². The number of aliphatic hydroxyl groups is 1. The first-order valence-electron chi connectivity index (χ1n) is 8.51. The maximum atomic E-state index is 10.7. The van der Waals surface area contributed by atoms with Gasteiger partial charge in [-0.25, -0.2) is 0 Å². The Balaban J connectivity index is 1.58. The highest BCUT2D eigenvalue weighted by Crippen LogP contribution is 2.27. The van der Waals surface area contributed by atoms with E-state index in [1.165, 1.54) is 11.5 Å². The van der Waals surface area contributed by atoms with Crippen molar-refractivity contribution in [2.75, 3.05) is 30.4 Å². The minimum atomic E-state index is -0.780. The van der Waals surface area contributed by atoms with Crippen molar-refractivity contribution in [3.8, 4) is 0 Å². The van der Waals surface area contributed by atoms with Gasteiger partial charge >= 0.3 is 0 Å². The third kappa shape index (κ3) is 3.06. The molecule has 1 aliphatic heterocycles. The lowest BCUT2D eigenvalue weighted by atomic mass is 10.2. The lowest BCUT2D eigenvalue weighted by Gasteiger charge is -2.18. The molecule has 0 fully saturated rings. The van der Waals surface area contributed by atoms with Crippen LogP contribution in [0.3, 0.4) is 0 Å². The van der Waals surface area contributed by atoms with Gasteiger partial charge in [0.25, 0.3) is 0 Å². The van der Waals surface area contributed by atoms with E-state index in [9.17, 15) is 5.11 Å². The van der Waals surface area contributed by atoms with Crippen molar-refractivity contribution in [2.24, 2.45) is 7.05 Å². The number of anilines is 2. The maximum Gasteiger partial charge on any atom is 0.238 e. The summed E-state index contributed by atoms with van der Waals surface area (Å²) in [7, 11) is 5.70. The first-order chi connectivity index (χ1) is 12.5. The predicted octanol–water partition coefficient (Wildman–Crippen LogP) is 1.03. The molecule has 0 aromatic carbocycles. The molecule has 0 radical (unpaired) electrons. The van der Waals surface area contributed by atoms with Gasteiger partial charge in [-0.3, -0.25) is 9.36 Å². The van der Waals surface area contributed by atoms with Crippen LogP contribution < -0.4 is 9.80 Å². The Morgan fingerprint density at radius 1 is 1.31 bits per heavy atom. The summed E-state index contributed by atoms with van der Waals surface area (Å²) in [5.74, 6) is 0.732. The molecule has 0 amide bonds. The van der Waals surface area contributed by atoms with Crippen molar-refractivity contribution in [2.45, 2.75) is 25.6 Å². The van der Waals surface area contributed by atoms with Crippen LogP contribution in [-0.4, -0.2) is 54.7 Å². The van der Waals surface area contributed by atoms with Crippen LogP contribution in [0.5, 0.6) is 0 Å². The molecular weight excluding hydrogens is 352 g/mol. The minimum absolute atomic E-state index is 0.650. The standard InChI is InChI=1S/C16H22N8OS/c1-21(2)15-18-16(26-20-15)23-7-4-8-24-11(10-23)9-12(19-24)14(25)13-5-6-17-22(13)3/h5-6,9,14,25H,4,7-8,10H2,1-3H3/t14-/m1/s1. The lowest BCUT2D eigenvalue weighted by molar-refractivity contribution is 0.203. The highest BCUT2D eigenvalue weighted by atomic mass is 32.1. The molecule has 0 saturated carbocycles. The van der Waals surface area contributed by atoms with Crippen molar-refractivity contribution in [3.63, 3.8) is 0 Å². The first kappa shape index (κ1) is 17.0. The summed E-state index contributed by atoms with van der Waals surface area (Å²) in [5, 5.41) is 20.3. The van der Waals surface area contributed by atoms with Gasteiger partial charge in [0.05, 0.1) is 23.6 Å². The number of nitrogens with zero attached hydrogens (tertiary/aromatic N) is 8. The zero-order valence-corrected chi connectivity index (χ0v) is 15.9. The maximum absolute atomic E-state index is 10.7. The molecule has 3 aromatic rings. The summed E-state index contributed by atoms with van der Waals surface area (Å²) in [6.07, 6.45) is 1.86. The zero-order chi connectivity index (χ0) is 18.3. The van der Waals surface area contributed by atoms with Gasteiger partial charge in [0.2, 0.25) is 11.1 Å². The molecule has 1 atom stereocenters. The van der Waals surface area contributed by atoms with E-state index in [2.05, 4.69) is 24.5 Å². The lowest BCUT2D eigenvalue weighted by Crippen LogP contribution is -2.22. The molecule has 0 bridgehead atoms. The average molecular weight is 374 g/mol. The van der Waals surface area contributed by atoms with Gasteiger partial charge in [-0.15, -0.1) is 0 Å². The Kier molecular flexibility index (Phi) is 4.37. The SMILES string of the molecule is CN(C)c1nsc(N2CCCn3nc([C@@H](O)c4ccnn4C)cc3C2)n1. The van der Waals surface area contributed by atoms with Crippen LogP contribution in [0.25, 0.3) is 0 Å². The second kappa shape index (κ2) is 6.69. The van der Waals surface area contributed by atoms with Crippen LogP contribution in [0.15, 0.2) is 18.3 Å². The third-order valence-corrected chi connectivity index (χ3v) is 5.29. The third-order valence-electron chi connectivity index (χ3n) is 4.53. The summed E-state index contributed by atoms with van der Waals surface area (Å²) in [6.45, 7) is 2.43. The van der Waals surface area contributed by atoms with E-state index in [1.54, 1.807) is 10.9 Å². The van der Waals surface area contributed by atoms with Crippen LogP contribution in [0.4, 0.5) is 11.1 Å². The number of hydrogen-bond acceptors (Lipinski definition) is 8. The van der Waals surface area contributed by atoms with E-state index in [4.69, 9.17) is 0 Å². The Hall–Kier alpha value is -2.46. The minimum Gasteiger partial charge on any atom is -0.380 e. The molecule has 1 N–H and O–H groups in total. The topological polar surface area (TPSA) is 88.1 Å². The van der Waals surface area contributed by atoms with Crippen molar-refractivity contribution < 1.29 is 5.11 Å². The molecule has 26 heavy (non-hydrogen) atoms. The summed E-state index contributed by atoms with van der Waals surface area (Å²) < 4.78 is 8.06. The normalized spacial score (nSPS) is 15.6. The van der Waals surface area contributed by atoms with Crippen LogP contribution in [-0.2, 0) is 20.1 Å². The van der Waals surface area contributed by atoms with E-state index in [-0.39, 0.29) is 0 Å². The Morgan fingerprint density at radius 3 is 2.85 bits per heavy atom. The van der Waals surface area contributed by atoms with E-state index >= 15 is 0 Å². The fourth-order valence-corrected chi connectivity index (χ4v) is 3.86. The van der Waals surface area contributed by atoms with Gasteiger partial charge in [-0.1, -0.05) is 0 Å². The van der Waals surface area contributed by atoms with E-state index < -0.39 is 6.10 Å². The predicted molar refractivity (Wildman–Crippen MR) is 99.4 cm³/mol. The summed E-state index contributed by atoms with van der Waals surface area (Å²) in [5.41, 5.74) is 2.45. The molecule has 1 aliphatic rings. The van der Waals surface area contributed by atoms with E-state index in [1.807, 2.05) is 42.9 Å². The van der Waals surface area contributed by atoms with Gasteiger partial charge in [0, 0.05) is 52.0 Å². The van der Waals surface area contributed by atoms with Crippen molar-refractivity contribution in [1.82, 2.24) is 28.9 Å². The van der Waals surface area contributed by atoms with Gasteiger partial charge in [-0.05, 0) is 18.6 Å². The molecule has 4 heterocycles. The molecule has 0 aliphatic carbocycles. The second-order valence-electron chi connectivity index (χ2n) is 6.61. The quantitative estimate of drug-likeness (QED) is 0.729. The number of rotatable bonds is 4. The zero-order valence-electron chi connectivity index (χ0n) is 15.1. The van der Waals surface area contributed by atoms with Crippen molar-refractivity contribution in [3.05, 3.63) is 35.4 Å². The van der Waals surface area contributed by atoms with Gasteiger partial charge in [0.15, 0.2) is 0 Å². The average Bonchev–Trinajstić information content (AvgIpc) is 3.32. The van der Waals surface area contributed by atoms with Crippen LogP contribution in [0.2, 0.25) is 0 Å².